The van der Waals surface area contributed by atoms with E-state index in [9.17, 15) is 27.2 Å². The van der Waals surface area contributed by atoms with Crippen molar-refractivity contribution in [3.63, 3.8) is 0 Å². The third kappa shape index (κ3) is 13.2. The highest BCUT2D eigenvalue weighted by atomic mass is 19.1. The fourth-order valence-corrected chi connectivity index (χ4v) is 9.71. The van der Waals surface area contributed by atoms with Gasteiger partial charge in [-0.3, -0.25) is 14.5 Å². The zero-order valence-corrected chi connectivity index (χ0v) is 46.0. The Balaban J connectivity index is 0.000000181. The lowest BCUT2D eigenvalue weighted by molar-refractivity contribution is -0.151. The number of ether oxygens (including phenoxy) is 2. The number of rotatable bonds is 15. The molecule has 8 heterocycles. The molecule has 6 aromatic heterocycles. The Morgan fingerprint density at radius 1 is 0.688 bits per heavy atom. The van der Waals surface area contributed by atoms with Crippen molar-refractivity contribution in [2.45, 2.75) is 98.1 Å². The summed E-state index contributed by atoms with van der Waals surface area (Å²) in [7, 11) is 0. The summed E-state index contributed by atoms with van der Waals surface area (Å²) in [6.07, 6.45) is 10.9. The molecule has 22 heteroatoms. The average molecular weight is 1100 g/mol. The van der Waals surface area contributed by atoms with Crippen LogP contribution in [0.5, 0.6) is 0 Å². The Morgan fingerprint density at radius 3 is 1.69 bits per heavy atom. The molecule has 2 aliphatic rings. The molecule has 2 saturated heterocycles. The number of aldehydes is 1. The second-order valence-corrected chi connectivity index (χ2v) is 20.4. The molecule has 0 bridgehead atoms. The first-order valence-electron chi connectivity index (χ1n) is 26.0. The first-order valence-corrected chi connectivity index (χ1v) is 26.0. The van der Waals surface area contributed by atoms with Gasteiger partial charge in [-0.2, -0.15) is 0 Å². The topological polar surface area (TPSA) is 205 Å². The summed E-state index contributed by atoms with van der Waals surface area (Å²) >= 11 is 0. The Morgan fingerprint density at radius 2 is 1.23 bits per heavy atom. The lowest BCUT2D eigenvalue weighted by Gasteiger charge is -2.40. The highest BCUT2D eigenvalue weighted by molar-refractivity contribution is 5.86. The number of halogens is 4. The van der Waals surface area contributed by atoms with Crippen molar-refractivity contribution in [2.75, 3.05) is 43.5 Å². The van der Waals surface area contributed by atoms with E-state index in [2.05, 4.69) is 80.8 Å². The number of carbonyl (C=O) groups excluding carboxylic acids is 2. The van der Waals surface area contributed by atoms with Crippen molar-refractivity contribution in [3.05, 3.63) is 145 Å². The molecule has 8 aromatic rings. The van der Waals surface area contributed by atoms with Crippen LogP contribution in [0.3, 0.4) is 0 Å². The van der Waals surface area contributed by atoms with Crippen molar-refractivity contribution < 1.29 is 36.6 Å². The third-order valence-electron chi connectivity index (χ3n) is 13.4. The number of carbonyl (C=O) groups is 2. The van der Waals surface area contributed by atoms with Gasteiger partial charge in [-0.1, -0.05) is 18.2 Å². The van der Waals surface area contributed by atoms with Crippen molar-refractivity contribution in [1.82, 2.24) is 59.2 Å². The molecule has 0 aliphatic carbocycles. The van der Waals surface area contributed by atoms with Gasteiger partial charge in [0.2, 0.25) is 11.9 Å². The van der Waals surface area contributed by atoms with Gasteiger partial charge in [0.1, 0.15) is 51.3 Å². The summed E-state index contributed by atoms with van der Waals surface area (Å²) in [5, 5.41) is 8.63. The molecule has 1 amide bonds. The van der Waals surface area contributed by atoms with Gasteiger partial charge in [0, 0.05) is 73.8 Å². The molecule has 2 aromatic carbocycles. The van der Waals surface area contributed by atoms with Crippen LogP contribution < -0.4 is 16.0 Å². The molecule has 418 valence electrons. The average Bonchev–Trinajstić information content (AvgIpc) is 4.11. The molecular weight excluding hydrogens is 1030 g/mol. The third-order valence-corrected chi connectivity index (χ3v) is 13.4. The van der Waals surface area contributed by atoms with Crippen molar-refractivity contribution in [3.8, 4) is 22.5 Å². The van der Waals surface area contributed by atoms with Crippen molar-refractivity contribution in [2.24, 2.45) is 0 Å². The standard InChI is InChI=1S/C29H33F2N7O.C21H18F2N6O.C8H13NO2/c1-6-9-29(5)17-37(10-11-39-29)16-20-7-8-25(32-14-20)35-28-33-15-23(31)26(36-28)21-12-22(30)27-24(13-21)38(18(2)3)19(4)34-27;1-11(2)29-12(3)26-20-15(22)6-14(7-17(20)29)19-16(23)9-25-21(28-19)27-18-5-4-13(10-30)8-24-18;1-3-4-8(2)7(10)9-5-6-11-8/h6-8,12-15,18H,1,9-11,16-17H2,2-5H3,(H,32,33,35,36);4-11H,1-3H3,(H,24,25,27,28);3H,1,4-6H2,2H3,(H,9,10)/t29-;;8-/m0.0/s1. The second kappa shape index (κ2) is 24.8. The number of pyridine rings is 2. The van der Waals surface area contributed by atoms with E-state index in [0.29, 0.717) is 77.9 Å². The quantitative estimate of drug-likeness (QED) is 0.0496. The van der Waals surface area contributed by atoms with Gasteiger partial charge in [-0.15, -0.1) is 13.2 Å². The van der Waals surface area contributed by atoms with E-state index >= 15 is 0 Å². The zero-order chi connectivity index (χ0) is 57.5. The van der Waals surface area contributed by atoms with E-state index in [-0.39, 0.29) is 63.5 Å². The highest BCUT2D eigenvalue weighted by Gasteiger charge is 2.35. The van der Waals surface area contributed by atoms with Gasteiger partial charge in [0.25, 0.3) is 5.91 Å². The van der Waals surface area contributed by atoms with E-state index in [1.807, 2.05) is 62.0 Å². The van der Waals surface area contributed by atoms with Crippen LogP contribution in [0.2, 0.25) is 0 Å². The number of anilines is 4. The van der Waals surface area contributed by atoms with Crippen LogP contribution in [0, 0.1) is 37.1 Å². The summed E-state index contributed by atoms with van der Waals surface area (Å²) in [6, 6.07) is 12.9. The number of aryl methyl sites for hydroxylation is 2. The number of fused-ring (bicyclic) bond motifs is 2. The SMILES string of the molecule is C=CC[C@@]1(C)CN(Cc2ccc(Nc3ncc(F)c(-c4cc(F)c5nc(C)n(C(C)C)c5c4)n3)nc2)CCO1.C=CC[C@]1(C)OCCNC1=O.Cc1nc2c(F)cc(-c3nc(Nc4ccc(C=O)cn4)ncc3F)cc2n1C(C)C. The maximum Gasteiger partial charge on any atom is 0.252 e. The van der Waals surface area contributed by atoms with Gasteiger partial charge >= 0.3 is 0 Å². The summed E-state index contributed by atoms with van der Waals surface area (Å²) in [4.78, 5) is 58.1. The van der Waals surface area contributed by atoms with Gasteiger partial charge < -0.3 is 34.6 Å². The fourth-order valence-electron chi connectivity index (χ4n) is 9.71. The molecule has 18 nitrogen and oxygen atoms in total. The molecule has 2 fully saturated rings. The van der Waals surface area contributed by atoms with Crippen LogP contribution in [0.4, 0.5) is 41.1 Å². The number of amides is 1. The lowest BCUT2D eigenvalue weighted by atomic mass is 9.99. The molecule has 3 N–H and O–H groups in total. The summed E-state index contributed by atoms with van der Waals surface area (Å²) in [5.41, 5.74) is 2.74. The molecule has 0 unspecified atom stereocenters. The number of nitrogens with one attached hydrogen (secondary N) is 3. The second-order valence-electron chi connectivity index (χ2n) is 20.4. The van der Waals surface area contributed by atoms with Gasteiger partial charge in [-0.05, 0) is 110 Å². The van der Waals surface area contributed by atoms with E-state index < -0.39 is 28.9 Å². The lowest BCUT2D eigenvalue weighted by Crippen LogP contribution is -2.52. The van der Waals surface area contributed by atoms with Crippen LogP contribution >= 0.6 is 0 Å². The van der Waals surface area contributed by atoms with Crippen LogP contribution in [0.25, 0.3) is 44.6 Å². The van der Waals surface area contributed by atoms with Gasteiger partial charge in [0.15, 0.2) is 29.6 Å². The van der Waals surface area contributed by atoms with E-state index in [1.54, 1.807) is 50.4 Å². The predicted molar refractivity (Wildman–Crippen MR) is 299 cm³/mol. The number of imidazole rings is 2. The largest absolute Gasteiger partial charge is 0.372 e. The van der Waals surface area contributed by atoms with Crippen LogP contribution in [-0.4, -0.2) is 110 Å². The molecule has 80 heavy (non-hydrogen) atoms. The highest BCUT2D eigenvalue weighted by Crippen LogP contribution is 2.33. The maximum atomic E-state index is 15.0. The zero-order valence-electron chi connectivity index (χ0n) is 46.0. The Hall–Kier alpha value is -8.34. The molecule has 0 radical (unpaired) electrons. The number of aromatic nitrogens is 10. The number of hydrogen-bond donors (Lipinski definition) is 3. The smallest absolute Gasteiger partial charge is 0.252 e. The molecule has 0 saturated carbocycles. The van der Waals surface area contributed by atoms with Crippen LogP contribution in [0.15, 0.2) is 98.6 Å². The minimum atomic E-state index is -0.684. The summed E-state index contributed by atoms with van der Waals surface area (Å²) in [6.45, 7) is 27.1. The van der Waals surface area contributed by atoms with Crippen LogP contribution in [-0.2, 0) is 20.8 Å². The van der Waals surface area contributed by atoms with Crippen molar-refractivity contribution in [1.29, 1.82) is 0 Å². The minimum Gasteiger partial charge on any atom is -0.372 e. The minimum absolute atomic E-state index is 0.00558. The maximum absolute atomic E-state index is 15.0. The number of hydrogen-bond acceptors (Lipinski definition) is 15. The molecule has 2 aliphatic heterocycles. The van der Waals surface area contributed by atoms with E-state index in [0.717, 1.165) is 44.0 Å². The molecule has 10 rings (SSSR count). The van der Waals surface area contributed by atoms with E-state index in [4.69, 9.17) is 9.47 Å². The Kier molecular flexibility index (Phi) is 17.9. The first kappa shape index (κ1) is 57.8. The van der Waals surface area contributed by atoms with Gasteiger partial charge in [-0.25, -0.2) is 57.4 Å². The fraction of sp³-hybridized carbons (Fsp3) is 0.345. The summed E-state index contributed by atoms with van der Waals surface area (Å²) < 4.78 is 74.2. The number of benzene rings is 2. The molecule has 0 spiro atoms. The predicted octanol–water partition coefficient (Wildman–Crippen LogP) is 11.0. The monoisotopic (exact) mass is 1100 g/mol. The Labute approximate surface area is 460 Å². The normalized spacial score (nSPS) is 17.4. The van der Waals surface area contributed by atoms with Crippen LogP contribution in [0.1, 0.15) is 94.0 Å². The first-order chi connectivity index (χ1) is 38.2. The Bertz CT molecular complexity index is 3550. The van der Waals surface area contributed by atoms with E-state index in [1.165, 1.54) is 18.3 Å². The number of morpholine rings is 2. The van der Waals surface area contributed by atoms with Crippen molar-refractivity contribution >= 4 is 57.8 Å². The summed E-state index contributed by atoms with van der Waals surface area (Å²) in [5.74, 6) is 0.0629. The molecular formula is C58H64F4N14O4. The van der Waals surface area contributed by atoms with Gasteiger partial charge in [0.05, 0.1) is 42.2 Å². The molecule has 2 atom stereocenters. The number of nitrogens with zero attached hydrogens (tertiary/aromatic N) is 11.